The molecule has 1 N–H and O–H groups in total. The minimum atomic E-state index is 0.0670. The number of hydrogen-bond acceptors (Lipinski definition) is 3. The Bertz CT molecular complexity index is 669. The Balaban J connectivity index is 2.13. The topological polar surface area (TPSA) is 46.9 Å². The van der Waals surface area contributed by atoms with Crippen LogP contribution in [-0.4, -0.2) is 22.9 Å². The summed E-state index contributed by atoms with van der Waals surface area (Å²) < 4.78 is 1.76. The maximum atomic E-state index is 12.8. The van der Waals surface area contributed by atoms with E-state index >= 15 is 0 Å². The van der Waals surface area contributed by atoms with Crippen LogP contribution in [0.25, 0.3) is 10.8 Å². The highest BCUT2D eigenvalue weighted by Crippen LogP contribution is 2.21. The Labute approximate surface area is 125 Å². The van der Waals surface area contributed by atoms with Crippen LogP contribution in [0.15, 0.2) is 29.1 Å². The van der Waals surface area contributed by atoms with Gasteiger partial charge in [-0.1, -0.05) is 31.5 Å². The standard InChI is InChI=1S/C17H23N3O/c1-2-6-16-14-8-3-4-9-15(14)17(21)20(19-16)13-7-5-11-18-12-10-13/h3-4,8-9,13,18H,2,5-7,10-12H2,1H3. The van der Waals surface area contributed by atoms with Gasteiger partial charge in [-0.05, 0) is 44.8 Å². The van der Waals surface area contributed by atoms with Crippen LogP contribution in [0.3, 0.4) is 0 Å². The molecule has 4 nitrogen and oxygen atoms in total. The summed E-state index contributed by atoms with van der Waals surface area (Å²) in [4.78, 5) is 12.8. The largest absolute Gasteiger partial charge is 0.317 e. The molecule has 0 radical (unpaired) electrons. The molecule has 1 atom stereocenters. The summed E-state index contributed by atoms with van der Waals surface area (Å²) in [6.07, 6.45) is 5.09. The quantitative estimate of drug-likeness (QED) is 0.943. The lowest BCUT2D eigenvalue weighted by Gasteiger charge is -2.18. The van der Waals surface area contributed by atoms with Gasteiger partial charge in [0.05, 0.1) is 17.1 Å². The van der Waals surface area contributed by atoms with Crippen molar-refractivity contribution < 1.29 is 0 Å². The van der Waals surface area contributed by atoms with Crippen LogP contribution in [0.2, 0.25) is 0 Å². The molecule has 0 spiro atoms. The highest BCUT2D eigenvalue weighted by Gasteiger charge is 2.18. The maximum Gasteiger partial charge on any atom is 0.274 e. The van der Waals surface area contributed by atoms with Gasteiger partial charge in [-0.3, -0.25) is 4.79 Å². The molecule has 112 valence electrons. The Morgan fingerprint density at radius 3 is 2.86 bits per heavy atom. The van der Waals surface area contributed by atoms with Crippen molar-refractivity contribution in [2.75, 3.05) is 13.1 Å². The molecular weight excluding hydrogens is 262 g/mol. The van der Waals surface area contributed by atoms with Gasteiger partial charge in [0.25, 0.3) is 5.56 Å². The van der Waals surface area contributed by atoms with Crippen LogP contribution in [-0.2, 0) is 6.42 Å². The zero-order valence-corrected chi connectivity index (χ0v) is 12.6. The number of hydrogen-bond donors (Lipinski definition) is 1. The molecule has 1 unspecified atom stereocenters. The van der Waals surface area contributed by atoms with Crippen molar-refractivity contribution in [2.45, 2.75) is 45.1 Å². The molecule has 0 amide bonds. The number of aryl methyl sites for hydroxylation is 1. The Morgan fingerprint density at radius 2 is 2.05 bits per heavy atom. The molecule has 2 heterocycles. The molecule has 1 aliphatic rings. The fourth-order valence-electron chi connectivity index (χ4n) is 3.19. The first-order chi connectivity index (χ1) is 10.3. The molecule has 21 heavy (non-hydrogen) atoms. The van der Waals surface area contributed by atoms with E-state index in [1.165, 1.54) is 0 Å². The van der Waals surface area contributed by atoms with Crippen LogP contribution >= 0.6 is 0 Å². The molecule has 1 fully saturated rings. The lowest BCUT2D eigenvalue weighted by molar-refractivity contribution is 0.395. The molecule has 1 aromatic carbocycles. The molecule has 1 aromatic heterocycles. The summed E-state index contributed by atoms with van der Waals surface area (Å²) >= 11 is 0. The van der Waals surface area contributed by atoms with Crippen molar-refractivity contribution in [3.8, 4) is 0 Å². The second kappa shape index (κ2) is 6.39. The van der Waals surface area contributed by atoms with Gasteiger partial charge in [-0.15, -0.1) is 0 Å². The van der Waals surface area contributed by atoms with Gasteiger partial charge in [-0.25, -0.2) is 4.68 Å². The second-order valence-electron chi connectivity index (χ2n) is 5.83. The van der Waals surface area contributed by atoms with E-state index in [-0.39, 0.29) is 11.6 Å². The van der Waals surface area contributed by atoms with Crippen LogP contribution < -0.4 is 10.9 Å². The molecule has 1 aliphatic heterocycles. The van der Waals surface area contributed by atoms with Crippen molar-refractivity contribution in [1.29, 1.82) is 0 Å². The van der Waals surface area contributed by atoms with Crippen molar-refractivity contribution in [3.63, 3.8) is 0 Å². The number of aromatic nitrogens is 2. The summed E-state index contributed by atoms with van der Waals surface area (Å²) in [6, 6.07) is 8.12. The smallest absolute Gasteiger partial charge is 0.274 e. The average Bonchev–Trinajstić information content (AvgIpc) is 2.79. The lowest BCUT2D eigenvalue weighted by atomic mass is 10.1. The predicted octanol–water partition coefficient (Wildman–Crippen LogP) is 2.66. The van der Waals surface area contributed by atoms with E-state index in [4.69, 9.17) is 5.10 Å². The third kappa shape index (κ3) is 2.86. The van der Waals surface area contributed by atoms with Crippen molar-refractivity contribution in [2.24, 2.45) is 0 Å². The minimum absolute atomic E-state index is 0.0670. The molecule has 0 saturated carbocycles. The Morgan fingerprint density at radius 1 is 1.24 bits per heavy atom. The van der Waals surface area contributed by atoms with Gasteiger partial charge in [0.15, 0.2) is 0 Å². The van der Waals surface area contributed by atoms with Crippen molar-refractivity contribution in [3.05, 3.63) is 40.3 Å². The summed E-state index contributed by atoms with van der Waals surface area (Å²) in [5.74, 6) is 0. The van der Waals surface area contributed by atoms with Gasteiger partial charge >= 0.3 is 0 Å². The van der Waals surface area contributed by atoms with Crippen molar-refractivity contribution >= 4 is 10.8 Å². The van der Waals surface area contributed by atoms with E-state index in [2.05, 4.69) is 12.2 Å². The predicted molar refractivity (Wildman–Crippen MR) is 85.8 cm³/mol. The fraction of sp³-hybridized carbons (Fsp3) is 0.529. The molecule has 1 saturated heterocycles. The fourth-order valence-corrected chi connectivity index (χ4v) is 3.19. The molecule has 0 aliphatic carbocycles. The maximum absolute atomic E-state index is 12.8. The van der Waals surface area contributed by atoms with E-state index in [0.717, 1.165) is 61.7 Å². The van der Waals surface area contributed by atoms with Gasteiger partial charge in [0.1, 0.15) is 0 Å². The SMILES string of the molecule is CCCc1nn(C2CCCNCC2)c(=O)c2ccccc12. The number of nitrogens with one attached hydrogen (secondary N) is 1. The number of fused-ring (bicyclic) bond motifs is 1. The molecule has 0 bridgehead atoms. The van der Waals surface area contributed by atoms with Crippen LogP contribution in [0, 0.1) is 0 Å². The Hall–Kier alpha value is -1.68. The van der Waals surface area contributed by atoms with Crippen LogP contribution in [0.5, 0.6) is 0 Å². The van der Waals surface area contributed by atoms with E-state index in [0.29, 0.717) is 0 Å². The van der Waals surface area contributed by atoms with Crippen LogP contribution in [0.1, 0.15) is 44.3 Å². The summed E-state index contributed by atoms with van der Waals surface area (Å²) in [5, 5.41) is 9.97. The summed E-state index contributed by atoms with van der Waals surface area (Å²) in [5.41, 5.74) is 1.13. The number of rotatable bonds is 3. The number of nitrogens with zero attached hydrogens (tertiary/aromatic N) is 2. The molecule has 3 rings (SSSR count). The normalized spacial score (nSPS) is 19.6. The molecule has 4 heteroatoms. The first kappa shape index (κ1) is 14.3. The van der Waals surface area contributed by atoms with Gasteiger partial charge < -0.3 is 5.32 Å². The van der Waals surface area contributed by atoms with E-state index in [9.17, 15) is 4.79 Å². The van der Waals surface area contributed by atoms with Crippen LogP contribution in [0.4, 0.5) is 0 Å². The van der Waals surface area contributed by atoms with E-state index in [1.54, 1.807) is 4.68 Å². The zero-order valence-electron chi connectivity index (χ0n) is 12.6. The number of benzene rings is 1. The van der Waals surface area contributed by atoms with Crippen molar-refractivity contribution in [1.82, 2.24) is 15.1 Å². The third-order valence-electron chi connectivity index (χ3n) is 4.28. The lowest BCUT2D eigenvalue weighted by Crippen LogP contribution is -2.29. The average molecular weight is 285 g/mol. The molecule has 2 aromatic rings. The van der Waals surface area contributed by atoms with E-state index < -0.39 is 0 Å². The summed E-state index contributed by atoms with van der Waals surface area (Å²) in [7, 11) is 0. The third-order valence-corrected chi connectivity index (χ3v) is 4.28. The highest BCUT2D eigenvalue weighted by molar-refractivity contribution is 5.83. The van der Waals surface area contributed by atoms with Gasteiger partial charge in [0, 0.05) is 5.39 Å². The Kier molecular flexibility index (Phi) is 4.34. The minimum Gasteiger partial charge on any atom is -0.317 e. The molecular formula is C17H23N3O. The summed E-state index contributed by atoms with van der Waals surface area (Å²) in [6.45, 7) is 4.16. The van der Waals surface area contributed by atoms with Gasteiger partial charge in [0.2, 0.25) is 0 Å². The monoisotopic (exact) mass is 285 g/mol. The first-order valence-electron chi connectivity index (χ1n) is 8.02. The second-order valence-corrected chi connectivity index (χ2v) is 5.83. The highest BCUT2D eigenvalue weighted by atomic mass is 16.1. The van der Waals surface area contributed by atoms with Gasteiger partial charge in [-0.2, -0.15) is 5.10 Å². The first-order valence-corrected chi connectivity index (χ1v) is 8.02. The van der Waals surface area contributed by atoms with E-state index in [1.807, 2.05) is 24.3 Å². The zero-order chi connectivity index (χ0) is 14.7.